The Balaban J connectivity index is 1.71. The molecule has 0 saturated heterocycles. The molecule has 0 bridgehead atoms. The second-order valence-corrected chi connectivity index (χ2v) is 6.84. The van der Waals surface area contributed by atoms with Crippen molar-refractivity contribution in [2.75, 3.05) is 21.3 Å². The van der Waals surface area contributed by atoms with Gasteiger partial charge in [-0.15, -0.1) is 0 Å². The van der Waals surface area contributed by atoms with Gasteiger partial charge in [-0.2, -0.15) is 0 Å². The lowest BCUT2D eigenvalue weighted by atomic mass is 10.1. The number of ether oxygens (including phenoxy) is 4. The number of carbonyl (C=O) groups excluding carboxylic acids is 2. The number of rotatable bonds is 9. The molecule has 3 rings (SSSR count). The van der Waals surface area contributed by atoms with Gasteiger partial charge in [-0.05, 0) is 47.5 Å². The van der Waals surface area contributed by atoms with Crippen LogP contribution in [0.4, 0.5) is 0 Å². The van der Waals surface area contributed by atoms with E-state index in [-0.39, 0.29) is 11.5 Å². The Morgan fingerprint density at radius 3 is 2.09 bits per heavy atom. The summed E-state index contributed by atoms with van der Waals surface area (Å²) in [5.41, 5.74) is 2.00. The van der Waals surface area contributed by atoms with E-state index in [9.17, 15) is 9.59 Å². The second kappa shape index (κ2) is 11.3. The van der Waals surface area contributed by atoms with Crippen molar-refractivity contribution in [3.8, 4) is 23.0 Å². The van der Waals surface area contributed by atoms with Gasteiger partial charge in [0.05, 0.1) is 26.9 Å². The first kappa shape index (κ1) is 23.3. The molecule has 0 atom stereocenters. The number of methoxy groups -OCH3 is 3. The summed E-state index contributed by atoms with van der Waals surface area (Å²) in [7, 11) is 4.52. The van der Waals surface area contributed by atoms with E-state index in [2.05, 4.69) is 0 Å². The highest BCUT2D eigenvalue weighted by molar-refractivity contribution is 6.08. The summed E-state index contributed by atoms with van der Waals surface area (Å²) in [5.74, 6) is 0.916. The van der Waals surface area contributed by atoms with Crippen molar-refractivity contribution in [3.63, 3.8) is 0 Å². The first-order valence-electron chi connectivity index (χ1n) is 10.1. The molecule has 6 nitrogen and oxygen atoms in total. The molecule has 0 aliphatic rings. The summed E-state index contributed by atoms with van der Waals surface area (Å²) in [6, 6.07) is 19.5. The molecule has 0 aliphatic carbocycles. The van der Waals surface area contributed by atoms with Crippen LogP contribution in [-0.4, -0.2) is 33.1 Å². The Labute approximate surface area is 192 Å². The molecule has 0 spiro atoms. The monoisotopic (exact) mass is 444 g/mol. The topological polar surface area (TPSA) is 71.1 Å². The maximum atomic E-state index is 12.6. The van der Waals surface area contributed by atoms with Gasteiger partial charge in [-0.3, -0.25) is 4.79 Å². The minimum Gasteiger partial charge on any atom is -0.497 e. The van der Waals surface area contributed by atoms with Gasteiger partial charge in [0.1, 0.15) is 11.5 Å². The molecule has 0 aromatic heterocycles. The van der Waals surface area contributed by atoms with E-state index in [4.69, 9.17) is 18.9 Å². The van der Waals surface area contributed by atoms with Gasteiger partial charge in [-0.1, -0.05) is 42.5 Å². The van der Waals surface area contributed by atoms with Gasteiger partial charge in [0.25, 0.3) is 0 Å². The van der Waals surface area contributed by atoms with Crippen molar-refractivity contribution >= 4 is 23.9 Å². The molecule has 3 aromatic rings. The van der Waals surface area contributed by atoms with Gasteiger partial charge in [0, 0.05) is 12.1 Å². The van der Waals surface area contributed by atoms with E-state index >= 15 is 0 Å². The summed E-state index contributed by atoms with van der Waals surface area (Å²) >= 11 is 0. The Morgan fingerprint density at radius 2 is 1.39 bits per heavy atom. The standard InChI is InChI=1S/C27H24O6/c1-30-21-12-13-22(25(18-21)31-2)23(28)14-9-20-10-15-24(26(17-20)32-3)33-27(29)16-11-19-7-5-4-6-8-19/h4-18H,1-3H3/b14-9+,16-11+. The van der Waals surface area contributed by atoms with Crippen molar-refractivity contribution in [2.45, 2.75) is 0 Å². The number of carbonyl (C=O) groups is 2. The van der Waals surface area contributed by atoms with Crippen LogP contribution < -0.4 is 18.9 Å². The zero-order valence-corrected chi connectivity index (χ0v) is 18.6. The van der Waals surface area contributed by atoms with Crippen LogP contribution in [0.15, 0.2) is 78.9 Å². The van der Waals surface area contributed by atoms with E-state index in [1.807, 2.05) is 30.3 Å². The lowest BCUT2D eigenvalue weighted by Crippen LogP contribution is -2.05. The normalized spacial score (nSPS) is 10.9. The van der Waals surface area contributed by atoms with E-state index in [1.54, 1.807) is 55.7 Å². The Hall–Kier alpha value is -4.32. The van der Waals surface area contributed by atoms with Gasteiger partial charge >= 0.3 is 5.97 Å². The van der Waals surface area contributed by atoms with E-state index in [0.717, 1.165) is 5.56 Å². The lowest BCUT2D eigenvalue weighted by molar-refractivity contribution is -0.129. The smallest absolute Gasteiger partial charge is 0.336 e. The van der Waals surface area contributed by atoms with E-state index in [0.29, 0.717) is 28.4 Å². The molecule has 168 valence electrons. The minimum absolute atomic E-state index is 0.227. The molecule has 0 amide bonds. The second-order valence-electron chi connectivity index (χ2n) is 6.84. The molecule has 0 heterocycles. The number of hydrogen-bond donors (Lipinski definition) is 0. The third-order valence-electron chi connectivity index (χ3n) is 4.71. The van der Waals surface area contributed by atoms with Crippen LogP contribution in [0.25, 0.3) is 12.2 Å². The summed E-state index contributed by atoms with van der Waals surface area (Å²) in [5, 5.41) is 0. The lowest BCUT2D eigenvalue weighted by Gasteiger charge is -2.09. The highest BCUT2D eigenvalue weighted by Gasteiger charge is 2.12. The third kappa shape index (κ3) is 6.33. The summed E-state index contributed by atoms with van der Waals surface area (Å²) in [6.45, 7) is 0. The van der Waals surface area contributed by atoms with Crippen LogP contribution in [0.5, 0.6) is 23.0 Å². The van der Waals surface area contributed by atoms with Crippen molar-refractivity contribution in [1.82, 2.24) is 0 Å². The van der Waals surface area contributed by atoms with Crippen molar-refractivity contribution in [1.29, 1.82) is 0 Å². The Morgan fingerprint density at radius 1 is 0.667 bits per heavy atom. The largest absolute Gasteiger partial charge is 0.497 e. The number of allylic oxidation sites excluding steroid dienone is 1. The third-order valence-corrected chi connectivity index (χ3v) is 4.71. The molecule has 0 radical (unpaired) electrons. The number of esters is 1. The molecule has 0 N–H and O–H groups in total. The Bertz CT molecular complexity index is 1180. The van der Waals surface area contributed by atoms with Crippen LogP contribution in [-0.2, 0) is 4.79 Å². The number of ketones is 1. The minimum atomic E-state index is -0.526. The zero-order chi connectivity index (χ0) is 23.6. The quantitative estimate of drug-likeness (QED) is 0.195. The predicted molar refractivity (Wildman–Crippen MR) is 127 cm³/mol. The maximum Gasteiger partial charge on any atom is 0.336 e. The average molecular weight is 444 g/mol. The summed E-state index contributed by atoms with van der Waals surface area (Å²) in [6.07, 6.45) is 6.11. The summed E-state index contributed by atoms with van der Waals surface area (Å²) in [4.78, 5) is 24.8. The maximum absolute atomic E-state index is 12.6. The molecule has 0 fully saturated rings. The molecule has 6 heteroatoms. The van der Waals surface area contributed by atoms with E-state index < -0.39 is 5.97 Å². The van der Waals surface area contributed by atoms with Crippen LogP contribution in [0.3, 0.4) is 0 Å². The van der Waals surface area contributed by atoms with E-state index in [1.165, 1.54) is 26.4 Å². The molecule has 0 saturated carbocycles. The van der Waals surface area contributed by atoms with Crippen LogP contribution >= 0.6 is 0 Å². The Kier molecular flexibility index (Phi) is 8.02. The van der Waals surface area contributed by atoms with Gasteiger partial charge in [-0.25, -0.2) is 4.79 Å². The average Bonchev–Trinajstić information content (AvgIpc) is 2.86. The van der Waals surface area contributed by atoms with Crippen molar-refractivity contribution < 1.29 is 28.5 Å². The molecule has 0 unspecified atom stereocenters. The first-order valence-corrected chi connectivity index (χ1v) is 10.1. The first-order chi connectivity index (χ1) is 16.0. The fraction of sp³-hybridized carbons (Fsp3) is 0.111. The predicted octanol–water partition coefficient (Wildman–Crippen LogP) is 5.23. The molecular formula is C27H24O6. The van der Waals surface area contributed by atoms with Gasteiger partial charge < -0.3 is 18.9 Å². The van der Waals surface area contributed by atoms with Crippen LogP contribution in [0, 0.1) is 0 Å². The van der Waals surface area contributed by atoms with Crippen molar-refractivity contribution in [2.24, 2.45) is 0 Å². The van der Waals surface area contributed by atoms with Crippen LogP contribution in [0.1, 0.15) is 21.5 Å². The highest BCUT2D eigenvalue weighted by Crippen LogP contribution is 2.29. The van der Waals surface area contributed by atoms with Crippen molar-refractivity contribution in [3.05, 3.63) is 95.6 Å². The summed E-state index contributed by atoms with van der Waals surface area (Å²) < 4.78 is 21.2. The number of benzene rings is 3. The SMILES string of the molecule is COc1ccc(C(=O)/C=C/c2ccc(OC(=O)/C=C/c3ccccc3)c(OC)c2)c(OC)c1. The zero-order valence-electron chi connectivity index (χ0n) is 18.6. The van der Waals surface area contributed by atoms with Gasteiger partial charge in [0.2, 0.25) is 0 Å². The van der Waals surface area contributed by atoms with Gasteiger partial charge in [0.15, 0.2) is 17.3 Å². The molecule has 3 aromatic carbocycles. The molecule has 0 aliphatic heterocycles. The fourth-order valence-electron chi connectivity index (χ4n) is 3.01. The highest BCUT2D eigenvalue weighted by atomic mass is 16.6. The van der Waals surface area contributed by atoms with Crippen LogP contribution in [0.2, 0.25) is 0 Å². The fourth-order valence-corrected chi connectivity index (χ4v) is 3.01. The molecule has 33 heavy (non-hydrogen) atoms. The molecular weight excluding hydrogens is 420 g/mol. The number of hydrogen-bond acceptors (Lipinski definition) is 6.